The first-order chi connectivity index (χ1) is 12.0. The zero-order valence-electron chi connectivity index (χ0n) is 16.1. The molecule has 0 bridgehead atoms. The van der Waals surface area contributed by atoms with E-state index in [0.717, 1.165) is 58.4 Å². The van der Waals surface area contributed by atoms with Gasteiger partial charge in [-0.3, -0.25) is 14.5 Å². The van der Waals surface area contributed by atoms with E-state index in [2.05, 4.69) is 29.4 Å². The fraction of sp³-hybridized carbons (Fsp3) is 0.895. The molecule has 2 unspecified atom stereocenters. The summed E-state index contributed by atoms with van der Waals surface area (Å²) in [6.07, 6.45) is 5.40. The van der Waals surface area contributed by atoms with E-state index in [1.807, 2.05) is 0 Å². The van der Waals surface area contributed by atoms with Crippen molar-refractivity contribution in [3.05, 3.63) is 0 Å². The molecule has 0 aromatic carbocycles. The van der Waals surface area contributed by atoms with Crippen LogP contribution in [0.1, 0.15) is 52.9 Å². The van der Waals surface area contributed by atoms with Crippen molar-refractivity contribution in [3.8, 4) is 0 Å². The lowest BCUT2D eigenvalue weighted by Crippen LogP contribution is -2.54. The zero-order chi connectivity index (χ0) is 18.2. The van der Waals surface area contributed by atoms with Crippen molar-refractivity contribution in [2.75, 3.05) is 32.8 Å². The first-order valence-corrected chi connectivity index (χ1v) is 9.84. The molecule has 1 aliphatic heterocycles. The summed E-state index contributed by atoms with van der Waals surface area (Å²) < 4.78 is 5.45. The van der Waals surface area contributed by atoms with Crippen LogP contribution >= 0.6 is 0 Å². The maximum absolute atomic E-state index is 12.8. The van der Waals surface area contributed by atoms with Crippen LogP contribution in [0.15, 0.2) is 0 Å². The molecule has 1 saturated carbocycles. The largest absolute Gasteiger partial charge is 0.379 e. The summed E-state index contributed by atoms with van der Waals surface area (Å²) in [7, 11) is 0. The summed E-state index contributed by atoms with van der Waals surface area (Å²) >= 11 is 0. The molecule has 25 heavy (non-hydrogen) atoms. The quantitative estimate of drug-likeness (QED) is 0.694. The summed E-state index contributed by atoms with van der Waals surface area (Å²) in [5, 5.41) is 6.01. The smallest absolute Gasteiger partial charge is 0.242 e. The van der Waals surface area contributed by atoms with Crippen LogP contribution in [0.5, 0.6) is 0 Å². The highest BCUT2D eigenvalue weighted by atomic mass is 16.5. The Morgan fingerprint density at radius 1 is 1.16 bits per heavy atom. The van der Waals surface area contributed by atoms with Gasteiger partial charge in [0.05, 0.1) is 13.2 Å². The first-order valence-electron chi connectivity index (χ1n) is 9.84. The lowest BCUT2D eigenvalue weighted by Gasteiger charge is -2.36. The van der Waals surface area contributed by atoms with Crippen LogP contribution in [-0.2, 0) is 14.3 Å². The molecule has 1 heterocycles. The van der Waals surface area contributed by atoms with Gasteiger partial charge in [-0.05, 0) is 31.1 Å². The second-order valence-corrected chi connectivity index (χ2v) is 7.90. The Labute approximate surface area is 152 Å². The molecular formula is C19H35N3O3. The number of amides is 2. The van der Waals surface area contributed by atoms with Crippen molar-refractivity contribution < 1.29 is 14.3 Å². The monoisotopic (exact) mass is 353 g/mol. The lowest BCUT2D eigenvalue weighted by atomic mass is 9.96. The number of hydrogen-bond acceptors (Lipinski definition) is 4. The number of rotatable bonds is 8. The van der Waals surface area contributed by atoms with Gasteiger partial charge in [0.2, 0.25) is 11.8 Å². The molecule has 0 aromatic rings. The van der Waals surface area contributed by atoms with Gasteiger partial charge in [-0.15, -0.1) is 0 Å². The van der Waals surface area contributed by atoms with E-state index >= 15 is 0 Å². The minimum Gasteiger partial charge on any atom is -0.379 e. The molecule has 2 rings (SSSR count). The van der Waals surface area contributed by atoms with Gasteiger partial charge in [-0.2, -0.15) is 0 Å². The summed E-state index contributed by atoms with van der Waals surface area (Å²) in [6, 6.07) is -0.0567. The Morgan fingerprint density at radius 3 is 2.36 bits per heavy atom. The predicted octanol–water partition coefficient (Wildman–Crippen LogP) is 1.54. The van der Waals surface area contributed by atoms with Crippen molar-refractivity contribution >= 4 is 11.8 Å². The molecular weight excluding hydrogens is 318 g/mol. The summed E-state index contributed by atoms with van der Waals surface area (Å²) in [5.41, 5.74) is 0. The van der Waals surface area contributed by atoms with Gasteiger partial charge < -0.3 is 15.4 Å². The number of ether oxygens (including phenoxy) is 1. The molecule has 2 aliphatic rings. The summed E-state index contributed by atoms with van der Waals surface area (Å²) in [5.74, 6) is 0.699. The van der Waals surface area contributed by atoms with E-state index in [-0.39, 0.29) is 23.8 Å². The number of nitrogens with one attached hydrogen (secondary N) is 2. The molecule has 1 aliphatic carbocycles. The molecule has 2 atom stereocenters. The van der Waals surface area contributed by atoms with Crippen molar-refractivity contribution in [1.82, 2.24) is 15.5 Å². The normalized spacial score (nSPS) is 21.9. The van der Waals surface area contributed by atoms with E-state index in [0.29, 0.717) is 18.5 Å². The van der Waals surface area contributed by atoms with Gasteiger partial charge in [0.25, 0.3) is 0 Å². The Balaban J connectivity index is 1.93. The number of carbonyl (C=O) groups excluding carboxylic acids is 2. The molecule has 1 saturated heterocycles. The van der Waals surface area contributed by atoms with E-state index in [1.165, 1.54) is 6.92 Å². The van der Waals surface area contributed by atoms with Gasteiger partial charge in [-0.25, -0.2) is 0 Å². The average Bonchev–Trinajstić information content (AvgIpc) is 3.10. The SMILES string of the molecule is CC(=O)NC(C(=O)NCC(CC(C)C)N1CCOCC1)C1CCCC1. The highest BCUT2D eigenvalue weighted by molar-refractivity contribution is 5.87. The van der Waals surface area contributed by atoms with Crippen molar-refractivity contribution in [2.45, 2.75) is 65.0 Å². The molecule has 0 spiro atoms. The van der Waals surface area contributed by atoms with Crippen molar-refractivity contribution in [2.24, 2.45) is 11.8 Å². The van der Waals surface area contributed by atoms with Crippen molar-refractivity contribution in [3.63, 3.8) is 0 Å². The van der Waals surface area contributed by atoms with Gasteiger partial charge in [0.15, 0.2) is 0 Å². The maximum atomic E-state index is 12.8. The molecule has 2 N–H and O–H groups in total. The van der Waals surface area contributed by atoms with Gasteiger partial charge in [0, 0.05) is 32.6 Å². The average molecular weight is 354 g/mol. The third kappa shape index (κ3) is 6.59. The maximum Gasteiger partial charge on any atom is 0.242 e. The first kappa shape index (κ1) is 20.2. The molecule has 0 aromatic heterocycles. The Bertz CT molecular complexity index is 430. The minimum absolute atomic E-state index is 0.0240. The number of hydrogen-bond donors (Lipinski definition) is 2. The number of carbonyl (C=O) groups is 2. The molecule has 6 heteroatoms. The Hall–Kier alpha value is -1.14. The minimum atomic E-state index is -0.385. The van der Waals surface area contributed by atoms with E-state index < -0.39 is 0 Å². The number of morpholine rings is 1. The lowest BCUT2D eigenvalue weighted by molar-refractivity contribution is -0.129. The van der Waals surface area contributed by atoms with Crippen LogP contribution in [-0.4, -0.2) is 61.6 Å². The summed E-state index contributed by atoms with van der Waals surface area (Å²) in [6.45, 7) is 9.93. The van der Waals surface area contributed by atoms with Gasteiger partial charge in [0.1, 0.15) is 6.04 Å². The molecule has 2 fully saturated rings. The third-order valence-corrected chi connectivity index (χ3v) is 5.33. The number of nitrogens with zero attached hydrogens (tertiary/aromatic N) is 1. The van der Waals surface area contributed by atoms with Crippen LogP contribution in [0.4, 0.5) is 0 Å². The topological polar surface area (TPSA) is 70.7 Å². The Morgan fingerprint density at radius 2 is 1.80 bits per heavy atom. The van der Waals surface area contributed by atoms with Crippen LogP contribution in [0.2, 0.25) is 0 Å². The van der Waals surface area contributed by atoms with Crippen LogP contribution in [0.25, 0.3) is 0 Å². The highest BCUT2D eigenvalue weighted by Crippen LogP contribution is 2.28. The fourth-order valence-corrected chi connectivity index (χ4v) is 4.08. The molecule has 2 amide bonds. The van der Waals surface area contributed by atoms with Gasteiger partial charge in [-0.1, -0.05) is 26.7 Å². The molecule has 144 valence electrons. The third-order valence-electron chi connectivity index (χ3n) is 5.33. The Kier molecular flexibility index (Phi) is 8.16. The van der Waals surface area contributed by atoms with E-state index in [9.17, 15) is 9.59 Å². The predicted molar refractivity (Wildman–Crippen MR) is 98.2 cm³/mol. The molecule has 0 radical (unpaired) electrons. The highest BCUT2D eigenvalue weighted by Gasteiger charge is 2.32. The van der Waals surface area contributed by atoms with E-state index in [1.54, 1.807) is 0 Å². The second-order valence-electron chi connectivity index (χ2n) is 7.90. The summed E-state index contributed by atoms with van der Waals surface area (Å²) in [4.78, 5) is 26.7. The van der Waals surface area contributed by atoms with Crippen LogP contribution < -0.4 is 10.6 Å². The van der Waals surface area contributed by atoms with Crippen LogP contribution in [0.3, 0.4) is 0 Å². The zero-order valence-corrected chi connectivity index (χ0v) is 16.1. The standard InChI is InChI=1S/C19H35N3O3/c1-14(2)12-17(22-8-10-25-11-9-22)13-20-19(24)18(21-15(3)23)16-6-4-5-7-16/h14,16-18H,4-13H2,1-3H3,(H,20,24)(H,21,23). The van der Waals surface area contributed by atoms with Gasteiger partial charge >= 0.3 is 0 Å². The second kappa shape index (κ2) is 10.1. The fourth-order valence-electron chi connectivity index (χ4n) is 4.08. The van der Waals surface area contributed by atoms with Crippen molar-refractivity contribution in [1.29, 1.82) is 0 Å². The molecule has 6 nitrogen and oxygen atoms in total. The van der Waals surface area contributed by atoms with Crippen LogP contribution in [0, 0.1) is 11.8 Å². The van der Waals surface area contributed by atoms with E-state index in [4.69, 9.17) is 4.74 Å².